The summed E-state index contributed by atoms with van der Waals surface area (Å²) >= 11 is 0. The summed E-state index contributed by atoms with van der Waals surface area (Å²) in [4.78, 5) is 17.7. The Morgan fingerprint density at radius 3 is 2.56 bits per heavy atom. The van der Waals surface area contributed by atoms with E-state index in [1.54, 1.807) is 24.3 Å². The van der Waals surface area contributed by atoms with Gasteiger partial charge < -0.3 is 9.42 Å². The number of halogens is 1. The zero-order valence-corrected chi connectivity index (χ0v) is 18.0. The maximum absolute atomic E-state index is 13.1. The number of nitro groups is 1. The van der Waals surface area contributed by atoms with Crippen molar-refractivity contribution in [3.05, 3.63) is 76.3 Å². The number of likely N-dealkylation sites (N-methyl/N-ethyl adjacent to an activating group) is 1. The van der Waals surface area contributed by atoms with Crippen molar-refractivity contribution in [2.75, 3.05) is 51.2 Å². The minimum Gasteiger partial charge on any atom is -0.369 e. The molecule has 32 heavy (non-hydrogen) atoms. The highest BCUT2D eigenvalue weighted by Crippen LogP contribution is 2.29. The number of benzene rings is 2. The highest BCUT2D eigenvalue weighted by molar-refractivity contribution is 5.70. The molecule has 1 aliphatic heterocycles. The van der Waals surface area contributed by atoms with Crippen molar-refractivity contribution >= 4 is 11.4 Å². The lowest BCUT2D eigenvalue weighted by atomic mass is 10.1. The number of aromatic nitrogens is 1. The Balaban J connectivity index is 1.25. The summed E-state index contributed by atoms with van der Waals surface area (Å²) in [5, 5.41) is 15.3. The maximum atomic E-state index is 13.1. The highest BCUT2D eigenvalue weighted by atomic mass is 19.1. The van der Waals surface area contributed by atoms with Crippen LogP contribution in [0.5, 0.6) is 0 Å². The average molecular weight is 439 g/mol. The summed E-state index contributed by atoms with van der Waals surface area (Å²) in [5.74, 6) is 0.457. The minimum atomic E-state index is -0.411. The van der Waals surface area contributed by atoms with E-state index in [9.17, 15) is 14.5 Å². The van der Waals surface area contributed by atoms with Crippen LogP contribution in [0.15, 0.2) is 59.1 Å². The fourth-order valence-corrected chi connectivity index (χ4v) is 3.90. The molecule has 9 heteroatoms. The van der Waals surface area contributed by atoms with Crippen molar-refractivity contribution < 1.29 is 13.8 Å². The van der Waals surface area contributed by atoms with Crippen LogP contribution in [0.1, 0.15) is 5.76 Å². The summed E-state index contributed by atoms with van der Waals surface area (Å²) in [5.41, 5.74) is 2.00. The molecule has 0 unspecified atom stereocenters. The van der Waals surface area contributed by atoms with Gasteiger partial charge in [0.2, 0.25) is 0 Å². The first-order chi connectivity index (χ1) is 15.5. The normalized spacial score (nSPS) is 14.8. The van der Waals surface area contributed by atoms with Gasteiger partial charge in [0, 0.05) is 57.1 Å². The number of hydrogen-bond donors (Lipinski definition) is 0. The molecule has 168 valence electrons. The Kier molecular flexibility index (Phi) is 6.77. The molecule has 8 nitrogen and oxygen atoms in total. The molecule has 4 rings (SSSR count). The molecule has 2 aromatic carbocycles. The van der Waals surface area contributed by atoms with Gasteiger partial charge >= 0.3 is 0 Å². The van der Waals surface area contributed by atoms with Gasteiger partial charge in [-0.1, -0.05) is 17.3 Å². The van der Waals surface area contributed by atoms with Gasteiger partial charge in [-0.05, 0) is 37.4 Å². The SMILES string of the molecule is CN(CCN1CCN(c2ccc(F)cc2)CC1)Cc1cc(-c2ccccc2[N+](=O)[O-])no1. The van der Waals surface area contributed by atoms with E-state index in [0.29, 0.717) is 23.6 Å². The van der Waals surface area contributed by atoms with E-state index in [4.69, 9.17) is 4.52 Å². The van der Waals surface area contributed by atoms with Crippen LogP contribution in [-0.2, 0) is 6.54 Å². The van der Waals surface area contributed by atoms with Crippen molar-refractivity contribution in [2.24, 2.45) is 0 Å². The summed E-state index contributed by atoms with van der Waals surface area (Å²) in [7, 11) is 2.02. The molecule has 1 saturated heterocycles. The zero-order chi connectivity index (χ0) is 22.5. The largest absolute Gasteiger partial charge is 0.369 e. The predicted octanol–water partition coefficient (Wildman–Crippen LogP) is 3.64. The molecule has 0 N–H and O–H groups in total. The summed E-state index contributed by atoms with van der Waals surface area (Å²) < 4.78 is 18.5. The van der Waals surface area contributed by atoms with Crippen molar-refractivity contribution in [3.8, 4) is 11.3 Å². The first-order valence-electron chi connectivity index (χ1n) is 10.6. The second kappa shape index (κ2) is 9.88. The molecule has 0 radical (unpaired) electrons. The van der Waals surface area contributed by atoms with Crippen LogP contribution in [-0.4, -0.2) is 66.2 Å². The van der Waals surface area contributed by atoms with E-state index in [1.165, 1.54) is 18.2 Å². The minimum absolute atomic E-state index is 0.0143. The van der Waals surface area contributed by atoms with Gasteiger partial charge in [-0.2, -0.15) is 0 Å². The van der Waals surface area contributed by atoms with E-state index in [0.717, 1.165) is 45.0 Å². The molecule has 1 aliphatic rings. The molecule has 1 aromatic heterocycles. The molecule has 0 amide bonds. The number of para-hydroxylation sites is 1. The summed E-state index contributed by atoms with van der Waals surface area (Å²) in [6.45, 7) is 6.10. The van der Waals surface area contributed by atoms with Crippen LogP contribution in [0.2, 0.25) is 0 Å². The molecular formula is C23H26FN5O3. The van der Waals surface area contributed by atoms with Gasteiger partial charge in [0.05, 0.1) is 17.0 Å². The molecule has 0 saturated carbocycles. The van der Waals surface area contributed by atoms with Crippen molar-refractivity contribution in [1.82, 2.24) is 15.0 Å². The molecule has 0 bridgehead atoms. The van der Waals surface area contributed by atoms with E-state index in [1.807, 2.05) is 19.2 Å². The van der Waals surface area contributed by atoms with E-state index in [2.05, 4.69) is 19.9 Å². The first-order valence-corrected chi connectivity index (χ1v) is 10.6. The predicted molar refractivity (Wildman–Crippen MR) is 120 cm³/mol. The quantitative estimate of drug-likeness (QED) is 0.392. The maximum Gasteiger partial charge on any atom is 0.278 e. The Labute approximate surface area is 186 Å². The van der Waals surface area contributed by atoms with Crippen molar-refractivity contribution in [3.63, 3.8) is 0 Å². The van der Waals surface area contributed by atoms with Crippen LogP contribution < -0.4 is 4.90 Å². The lowest BCUT2D eigenvalue weighted by molar-refractivity contribution is -0.384. The van der Waals surface area contributed by atoms with E-state index >= 15 is 0 Å². The molecule has 0 aliphatic carbocycles. The Bertz CT molecular complexity index is 1050. The zero-order valence-electron chi connectivity index (χ0n) is 18.0. The van der Waals surface area contributed by atoms with Crippen LogP contribution in [0.3, 0.4) is 0 Å². The fourth-order valence-electron chi connectivity index (χ4n) is 3.90. The van der Waals surface area contributed by atoms with Gasteiger partial charge in [-0.3, -0.25) is 19.9 Å². The molecule has 3 aromatic rings. The third-order valence-electron chi connectivity index (χ3n) is 5.72. The Morgan fingerprint density at radius 2 is 1.84 bits per heavy atom. The second-order valence-electron chi connectivity index (χ2n) is 8.00. The first kappa shape index (κ1) is 21.9. The lowest BCUT2D eigenvalue weighted by Crippen LogP contribution is -2.48. The van der Waals surface area contributed by atoms with Crippen LogP contribution in [0.25, 0.3) is 11.3 Å². The molecule has 0 atom stereocenters. The smallest absolute Gasteiger partial charge is 0.278 e. The summed E-state index contributed by atoms with van der Waals surface area (Å²) in [6.07, 6.45) is 0. The van der Waals surface area contributed by atoms with Gasteiger partial charge in [-0.25, -0.2) is 4.39 Å². The standard InChI is InChI=1S/C23H26FN5O3/c1-26(10-11-27-12-14-28(15-13-27)19-8-6-18(24)7-9-19)17-20-16-22(25-32-20)21-4-2-3-5-23(21)29(30)31/h2-9,16H,10-15,17H2,1H3. The third kappa shape index (κ3) is 5.30. The number of nitrogens with zero attached hydrogens (tertiary/aromatic N) is 5. The fraction of sp³-hybridized carbons (Fsp3) is 0.348. The monoisotopic (exact) mass is 439 g/mol. The van der Waals surface area contributed by atoms with E-state index in [-0.39, 0.29) is 11.5 Å². The highest BCUT2D eigenvalue weighted by Gasteiger charge is 2.20. The Morgan fingerprint density at radius 1 is 1.12 bits per heavy atom. The van der Waals surface area contributed by atoms with Crippen LogP contribution in [0, 0.1) is 15.9 Å². The molecule has 2 heterocycles. The third-order valence-corrected chi connectivity index (χ3v) is 5.72. The number of piperazine rings is 1. The van der Waals surface area contributed by atoms with E-state index < -0.39 is 4.92 Å². The number of anilines is 1. The molecule has 1 fully saturated rings. The average Bonchev–Trinajstić information content (AvgIpc) is 3.27. The number of hydrogen-bond acceptors (Lipinski definition) is 7. The van der Waals surface area contributed by atoms with Crippen LogP contribution in [0.4, 0.5) is 15.8 Å². The van der Waals surface area contributed by atoms with Gasteiger partial charge in [-0.15, -0.1) is 0 Å². The van der Waals surface area contributed by atoms with Gasteiger partial charge in [0.15, 0.2) is 5.76 Å². The number of rotatable bonds is 8. The van der Waals surface area contributed by atoms with Gasteiger partial charge in [0.1, 0.15) is 11.5 Å². The van der Waals surface area contributed by atoms with Crippen LogP contribution >= 0.6 is 0 Å². The molecular weight excluding hydrogens is 413 g/mol. The van der Waals surface area contributed by atoms with Gasteiger partial charge in [0.25, 0.3) is 5.69 Å². The molecule has 0 spiro atoms. The lowest BCUT2D eigenvalue weighted by Gasteiger charge is -2.36. The number of nitro benzene ring substituents is 1. The Hall–Kier alpha value is -3.30. The summed E-state index contributed by atoms with van der Waals surface area (Å²) in [6, 6.07) is 14.9. The topological polar surface area (TPSA) is 78.9 Å². The van der Waals surface area contributed by atoms with Crippen molar-refractivity contribution in [1.29, 1.82) is 0 Å². The van der Waals surface area contributed by atoms with Crippen molar-refractivity contribution in [2.45, 2.75) is 6.54 Å². The second-order valence-corrected chi connectivity index (χ2v) is 8.00.